The highest BCUT2D eigenvalue weighted by Gasteiger charge is 2.34. The number of nitrogens with one attached hydrogen (secondary N) is 1. The highest BCUT2D eigenvalue weighted by atomic mass is 16.2. The van der Waals surface area contributed by atoms with Crippen molar-refractivity contribution in [3.63, 3.8) is 0 Å². The first-order chi connectivity index (χ1) is 6.52. The molecule has 78 valence electrons. The van der Waals surface area contributed by atoms with Gasteiger partial charge in [0.15, 0.2) is 0 Å². The van der Waals surface area contributed by atoms with Gasteiger partial charge in [-0.15, -0.1) is 0 Å². The summed E-state index contributed by atoms with van der Waals surface area (Å²) in [5.41, 5.74) is 0. The first-order valence-electron chi connectivity index (χ1n) is 4.56. The second-order valence-corrected chi connectivity index (χ2v) is 3.55. The van der Waals surface area contributed by atoms with Crippen molar-refractivity contribution in [1.29, 1.82) is 0 Å². The van der Waals surface area contributed by atoms with Crippen LogP contribution in [-0.2, 0) is 14.4 Å². The zero-order valence-electron chi connectivity index (χ0n) is 8.37. The summed E-state index contributed by atoms with van der Waals surface area (Å²) in [5.74, 6) is -0.566. The standard InChI is InChI=1S/C9H14N2O3/c1-6-3-8(13)11(9(6)14)5-10-4-7(2)12/h6,10H,3-5H2,1-2H3. The fourth-order valence-electron chi connectivity index (χ4n) is 1.36. The van der Waals surface area contributed by atoms with E-state index in [1.165, 1.54) is 6.92 Å². The number of likely N-dealkylation sites (tertiary alicyclic amines) is 1. The molecule has 0 spiro atoms. The molecule has 0 radical (unpaired) electrons. The number of hydrogen-bond donors (Lipinski definition) is 1. The summed E-state index contributed by atoms with van der Waals surface area (Å²) in [6, 6.07) is 0. The zero-order chi connectivity index (χ0) is 10.7. The molecule has 0 saturated carbocycles. The molecule has 1 aliphatic heterocycles. The minimum absolute atomic E-state index is 0.0165. The smallest absolute Gasteiger partial charge is 0.233 e. The average molecular weight is 198 g/mol. The molecule has 1 unspecified atom stereocenters. The molecule has 1 heterocycles. The van der Waals surface area contributed by atoms with Gasteiger partial charge in [0.1, 0.15) is 5.78 Å². The topological polar surface area (TPSA) is 66.5 Å². The largest absolute Gasteiger partial charge is 0.299 e. The van der Waals surface area contributed by atoms with Gasteiger partial charge in [0.25, 0.3) is 0 Å². The molecular weight excluding hydrogens is 184 g/mol. The highest BCUT2D eigenvalue weighted by molar-refractivity contribution is 6.03. The quantitative estimate of drug-likeness (QED) is 0.619. The average Bonchev–Trinajstić information content (AvgIpc) is 2.31. The monoisotopic (exact) mass is 198 g/mol. The van der Waals surface area contributed by atoms with Crippen LogP contribution in [0.15, 0.2) is 0 Å². The number of carbonyl (C=O) groups excluding carboxylic acids is 3. The lowest BCUT2D eigenvalue weighted by molar-refractivity contribution is -0.140. The van der Waals surface area contributed by atoms with Gasteiger partial charge in [-0.05, 0) is 6.92 Å². The summed E-state index contributed by atoms with van der Waals surface area (Å²) < 4.78 is 0. The van der Waals surface area contributed by atoms with Gasteiger partial charge in [-0.2, -0.15) is 0 Å². The van der Waals surface area contributed by atoms with Crippen LogP contribution in [0, 0.1) is 5.92 Å². The van der Waals surface area contributed by atoms with Crippen molar-refractivity contribution in [3.8, 4) is 0 Å². The van der Waals surface area contributed by atoms with Gasteiger partial charge < -0.3 is 0 Å². The van der Waals surface area contributed by atoms with Crippen molar-refractivity contribution in [2.75, 3.05) is 13.2 Å². The molecule has 0 aromatic heterocycles. The van der Waals surface area contributed by atoms with Gasteiger partial charge in [0.05, 0.1) is 13.2 Å². The third-order valence-corrected chi connectivity index (χ3v) is 2.11. The molecule has 0 aromatic carbocycles. The Morgan fingerprint density at radius 2 is 2.21 bits per heavy atom. The normalized spacial score (nSPS) is 21.9. The van der Waals surface area contributed by atoms with E-state index in [-0.39, 0.29) is 43.1 Å². The van der Waals surface area contributed by atoms with Crippen molar-refractivity contribution < 1.29 is 14.4 Å². The van der Waals surface area contributed by atoms with Crippen molar-refractivity contribution in [2.45, 2.75) is 20.3 Å². The van der Waals surface area contributed by atoms with E-state index in [4.69, 9.17) is 0 Å². The lowest BCUT2D eigenvalue weighted by atomic mass is 10.1. The van der Waals surface area contributed by atoms with Crippen molar-refractivity contribution >= 4 is 17.6 Å². The molecule has 0 aromatic rings. The Hall–Kier alpha value is -1.23. The molecule has 1 rings (SSSR count). The van der Waals surface area contributed by atoms with Crippen LogP contribution in [0.1, 0.15) is 20.3 Å². The zero-order valence-corrected chi connectivity index (χ0v) is 8.37. The van der Waals surface area contributed by atoms with E-state index in [0.29, 0.717) is 0 Å². The Morgan fingerprint density at radius 1 is 1.57 bits per heavy atom. The van der Waals surface area contributed by atoms with Gasteiger partial charge >= 0.3 is 0 Å². The molecule has 1 aliphatic rings. The minimum atomic E-state index is -0.221. The predicted molar refractivity (Wildman–Crippen MR) is 49.2 cm³/mol. The summed E-state index contributed by atoms with van der Waals surface area (Å²) in [6.07, 6.45) is 0.278. The van der Waals surface area contributed by atoms with Gasteiger partial charge in [-0.25, -0.2) is 0 Å². The second-order valence-electron chi connectivity index (χ2n) is 3.55. The number of nitrogens with zero attached hydrogens (tertiary/aromatic N) is 1. The maximum Gasteiger partial charge on any atom is 0.233 e. The number of hydrogen-bond acceptors (Lipinski definition) is 4. The van der Waals surface area contributed by atoms with Crippen molar-refractivity contribution in [3.05, 3.63) is 0 Å². The van der Waals surface area contributed by atoms with Gasteiger partial charge in [0.2, 0.25) is 11.8 Å². The number of rotatable bonds is 4. The second kappa shape index (κ2) is 4.32. The summed E-state index contributed by atoms with van der Waals surface area (Å²) in [6.45, 7) is 3.50. The SMILES string of the molecule is CC(=O)CNCN1C(=O)CC(C)C1=O. The third kappa shape index (κ3) is 2.38. The molecule has 5 nitrogen and oxygen atoms in total. The van der Waals surface area contributed by atoms with Crippen LogP contribution in [0.2, 0.25) is 0 Å². The van der Waals surface area contributed by atoms with Gasteiger partial charge in [-0.3, -0.25) is 24.6 Å². The molecular formula is C9H14N2O3. The summed E-state index contributed by atoms with van der Waals surface area (Å²) in [7, 11) is 0. The number of ketones is 1. The first kappa shape index (κ1) is 10.8. The predicted octanol–water partition coefficient (Wildman–Crippen LogP) is -0.483. The maximum absolute atomic E-state index is 11.4. The van der Waals surface area contributed by atoms with E-state index in [2.05, 4.69) is 5.32 Å². The molecule has 1 fully saturated rings. The Kier molecular flexibility index (Phi) is 3.35. The Bertz CT molecular complexity index is 275. The van der Waals surface area contributed by atoms with E-state index in [1.54, 1.807) is 6.92 Å². The molecule has 1 saturated heterocycles. The number of carbonyl (C=O) groups is 3. The van der Waals surface area contributed by atoms with Crippen LogP contribution in [0.3, 0.4) is 0 Å². The summed E-state index contributed by atoms with van der Waals surface area (Å²) in [5, 5.41) is 2.74. The van der Waals surface area contributed by atoms with E-state index in [9.17, 15) is 14.4 Å². The molecule has 0 aliphatic carbocycles. The summed E-state index contributed by atoms with van der Waals surface area (Å²) in [4.78, 5) is 34.4. The number of amides is 2. The van der Waals surface area contributed by atoms with Crippen molar-refractivity contribution in [1.82, 2.24) is 10.2 Å². The van der Waals surface area contributed by atoms with E-state index >= 15 is 0 Å². The van der Waals surface area contributed by atoms with Crippen LogP contribution in [0.25, 0.3) is 0 Å². The molecule has 1 N–H and O–H groups in total. The minimum Gasteiger partial charge on any atom is -0.299 e. The Balaban J connectivity index is 2.41. The van der Waals surface area contributed by atoms with Crippen LogP contribution in [-0.4, -0.2) is 35.7 Å². The fourth-order valence-corrected chi connectivity index (χ4v) is 1.36. The molecule has 1 atom stereocenters. The summed E-state index contributed by atoms with van der Waals surface area (Å²) >= 11 is 0. The van der Waals surface area contributed by atoms with E-state index < -0.39 is 0 Å². The molecule has 2 amide bonds. The Morgan fingerprint density at radius 3 is 2.64 bits per heavy atom. The van der Waals surface area contributed by atoms with Crippen LogP contribution in [0.4, 0.5) is 0 Å². The van der Waals surface area contributed by atoms with E-state index in [0.717, 1.165) is 4.90 Å². The molecule has 0 bridgehead atoms. The molecule has 14 heavy (non-hydrogen) atoms. The van der Waals surface area contributed by atoms with Crippen LogP contribution >= 0.6 is 0 Å². The third-order valence-electron chi connectivity index (χ3n) is 2.11. The van der Waals surface area contributed by atoms with Gasteiger partial charge in [-0.1, -0.05) is 6.92 Å². The van der Waals surface area contributed by atoms with Crippen LogP contribution in [0.5, 0.6) is 0 Å². The van der Waals surface area contributed by atoms with Crippen molar-refractivity contribution in [2.24, 2.45) is 5.92 Å². The number of imide groups is 1. The Labute approximate surface area is 82.4 Å². The van der Waals surface area contributed by atoms with E-state index in [1.807, 2.05) is 0 Å². The highest BCUT2D eigenvalue weighted by Crippen LogP contribution is 2.17. The first-order valence-corrected chi connectivity index (χ1v) is 4.56. The lowest BCUT2D eigenvalue weighted by Gasteiger charge is -2.14. The maximum atomic E-state index is 11.4. The fraction of sp³-hybridized carbons (Fsp3) is 0.667. The van der Waals surface area contributed by atoms with Gasteiger partial charge in [0, 0.05) is 12.3 Å². The molecule has 5 heteroatoms. The number of Topliss-reactive ketones (excluding diaryl/α,β-unsaturated/α-hetero) is 1. The van der Waals surface area contributed by atoms with Crippen LogP contribution < -0.4 is 5.32 Å². The lowest BCUT2D eigenvalue weighted by Crippen LogP contribution is -2.40.